The normalized spacial score (nSPS) is 26.1. The molecule has 0 saturated heterocycles. The van der Waals surface area contributed by atoms with E-state index in [1.54, 1.807) is 37.5 Å². The average molecular weight is 239 g/mol. The zero-order valence-corrected chi connectivity index (χ0v) is 10.00. The first-order chi connectivity index (χ1) is 8.65. The summed E-state index contributed by atoms with van der Waals surface area (Å²) >= 11 is 0. The number of carbonyl (C=O) groups is 1. The van der Waals surface area contributed by atoms with Crippen molar-refractivity contribution in [1.82, 2.24) is 4.98 Å². The van der Waals surface area contributed by atoms with Crippen molar-refractivity contribution in [3.63, 3.8) is 0 Å². The predicted molar refractivity (Wildman–Crippen MR) is 67.2 cm³/mol. The largest absolute Gasteiger partial charge is 0.380 e. The van der Waals surface area contributed by atoms with Crippen LogP contribution < -0.4 is 0 Å². The van der Waals surface area contributed by atoms with E-state index in [0.29, 0.717) is 16.7 Å². The topological polar surface area (TPSA) is 50.2 Å². The lowest BCUT2D eigenvalue weighted by Gasteiger charge is -2.28. The molecular formula is C15H13NO2. The van der Waals surface area contributed by atoms with Gasteiger partial charge in [0, 0.05) is 23.5 Å². The zero-order valence-electron chi connectivity index (χ0n) is 10.00. The SMILES string of the molecule is CC1C(=O)c2ccccc2C1(O)c1cccnc1. The number of rotatable bonds is 1. The molecule has 0 radical (unpaired) electrons. The van der Waals surface area contributed by atoms with Crippen LogP contribution in [0.25, 0.3) is 0 Å². The van der Waals surface area contributed by atoms with Gasteiger partial charge in [0.25, 0.3) is 0 Å². The van der Waals surface area contributed by atoms with E-state index in [4.69, 9.17) is 0 Å². The van der Waals surface area contributed by atoms with E-state index in [9.17, 15) is 9.90 Å². The molecule has 0 bridgehead atoms. The average Bonchev–Trinajstić information content (AvgIpc) is 2.64. The van der Waals surface area contributed by atoms with Crippen molar-refractivity contribution >= 4 is 5.78 Å². The number of nitrogens with zero attached hydrogens (tertiary/aromatic N) is 1. The third-order valence-electron chi connectivity index (χ3n) is 3.72. The molecule has 0 fully saturated rings. The molecular weight excluding hydrogens is 226 g/mol. The molecule has 0 amide bonds. The molecule has 0 spiro atoms. The van der Waals surface area contributed by atoms with Gasteiger partial charge in [0.2, 0.25) is 0 Å². The minimum atomic E-state index is -1.26. The highest BCUT2D eigenvalue weighted by Crippen LogP contribution is 2.45. The molecule has 2 unspecified atom stereocenters. The molecule has 1 N–H and O–H groups in total. The second-order valence-corrected chi connectivity index (χ2v) is 4.64. The fourth-order valence-corrected chi connectivity index (χ4v) is 2.68. The Labute approximate surface area is 105 Å². The van der Waals surface area contributed by atoms with Gasteiger partial charge in [0.15, 0.2) is 5.78 Å². The van der Waals surface area contributed by atoms with Crippen molar-refractivity contribution in [3.8, 4) is 0 Å². The molecule has 3 heteroatoms. The number of carbonyl (C=O) groups excluding carboxylic acids is 1. The van der Waals surface area contributed by atoms with E-state index >= 15 is 0 Å². The summed E-state index contributed by atoms with van der Waals surface area (Å²) in [6.45, 7) is 1.76. The van der Waals surface area contributed by atoms with Crippen LogP contribution in [0.15, 0.2) is 48.8 Å². The van der Waals surface area contributed by atoms with Gasteiger partial charge in [0.05, 0.1) is 5.92 Å². The third kappa shape index (κ3) is 1.28. The third-order valence-corrected chi connectivity index (χ3v) is 3.72. The Morgan fingerprint density at radius 2 is 2.00 bits per heavy atom. The maximum absolute atomic E-state index is 12.2. The second-order valence-electron chi connectivity index (χ2n) is 4.64. The Balaban J connectivity index is 2.27. The molecule has 2 atom stereocenters. The highest BCUT2D eigenvalue weighted by atomic mass is 16.3. The van der Waals surface area contributed by atoms with E-state index in [1.807, 2.05) is 18.2 Å². The van der Waals surface area contributed by atoms with Crippen molar-refractivity contribution in [1.29, 1.82) is 0 Å². The number of Topliss-reactive ketones (excluding diaryl/α,β-unsaturated/α-hetero) is 1. The van der Waals surface area contributed by atoms with Crippen LogP contribution in [0.2, 0.25) is 0 Å². The smallest absolute Gasteiger partial charge is 0.169 e. The van der Waals surface area contributed by atoms with Crippen molar-refractivity contribution in [2.24, 2.45) is 5.92 Å². The lowest BCUT2D eigenvalue weighted by atomic mass is 9.82. The molecule has 0 aliphatic heterocycles. The quantitative estimate of drug-likeness (QED) is 0.829. The molecule has 0 saturated carbocycles. The molecule has 18 heavy (non-hydrogen) atoms. The summed E-state index contributed by atoms with van der Waals surface area (Å²) in [4.78, 5) is 16.2. The Morgan fingerprint density at radius 1 is 1.22 bits per heavy atom. The van der Waals surface area contributed by atoms with Gasteiger partial charge in [-0.3, -0.25) is 9.78 Å². The van der Waals surface area contributed by atoms with Crippen LogP contribution in [-0.2, 0) is 5.60 Å². The van der Waals surface area contributed by atoms with Gasteiger partial charge in [0.1, 0.15) is 5.60 Å². The van der Waals surface area contributed by atoms with Gasteiger partial charge in [-0.2, -0.15) is 0 Å². The van der Waals surface area contributed by atoms with Gasteiger partial charge in [-0.1, -0.05) is 37.3 Å². The maximum Gasteiger partial charge on any atom is 0.169 e. The van der Waals surface area contributed by atoms with Gasteiger partial charge in [-0.25, -0.2) is 0 Å². The lowest BCUT2D eigenvalue weighted by molar-refractivity contribution is 0.0348. The van der Waals surface area contributed by atoms with Crippen LogP contribution in [0.1, 0.15) is 28.4 Å². The van der Waals surface area contributed by atoms with E-state index in [1.165, 1.54) is 0 Å². The van der Waals surface area contributed by atoms with Crippen molar-refractivity contribution in [2.75, 3.05) is 0 Å². The van der Waals surface area contributed by atoms with Gasteiger partial charge in [-0.05, 0) is 11.6 Å². The van der Waals surface area contributed by atoms with E-state index in [2.05, 4.69) is 4.98 Å². The first kappa shape index (κ1) is 11.1. The summed E-state index contributed by atoms with van der Waals surface area (Å²) in [7, 11) is 0. The molecule has 1 aliphatic rings. The highest BCUT2D eigenvalue weighted by molar-refractivity contribution is 6.04. The summed E-state index contributed by atoms with van der Waals surface area (Å²) < 4.78 is 0. The molecule has 3 nitrogen and oxygen atoms in total. The Morgan fingerprint density at radius 3 is 2.72 bits per heavy atom. The molecule has 1 aromatic heterocycles. The lowest BCUT2D eigenvalue weighted by Crippen LogP contribution is -2.32. The summed E-state index contributed by atoms with van der Waals surface area (Å²) in [6, 6.07) is 10.8. The second kappa shape index (κ2) is 3.75. The number of pyridine rings is 1. The molecule has 1 heterocycles. The van der Waals surface area contributed by atoms with Crippen LogP contribution in [0.4, 0.5) is 0 Å². The summed E-state index contributed by atoms with van der Waals surface area (Å²) in [5.41, 5.74) is 0.685. The minimum absolute atomic E-state index is 0.0167. The number of ketones is 1. The maximum atomic E-state index is 12.2. The molecule has 90 valence electrons. The first-order valence-corrected chi connectivity index (χ1v) is 5.92. The zero-order chi connectivity index (χ0) is 12.8. The number of hydrogen-bond acceptors (Lipinski definition) is 3. The van der Waals surface area contributed by atoms with Crippen molar-refractivity contribution < 1.29 is 9.90 Å². The first-order valence-electron chi connectivity index (χ1n) is 5.92. The number of aliphatic hydroxyl groups is 1. The Bertz CT molecular complexity index is 609. The minimum Gasteiger partial charge on any atom is -0.380 e. The summed E-state index contributed by atoms with van der Waals surface area (Å²) in [6.07, 6.45) is 3.27. The van der Waals surface area contributed by atoms with E-state index < -0.39 is 11.5 Å². The van der Waals surface area contributed by atoms with Crippen LogP contribution in [0, 0.1) is 5.92 Å². The van der Waals surface area contributed by atoms with Gasteiger partial charge >= 0.3 is 0 Å². The standard InChI is InChI=1S/C15H13NO2/c1-10-14(17)12-6-2-3-7-13(12)15(10,18)11-5-4-8-16-9-11/h2-10,18H,1H3. The highest BCUT2D eigenvalue weighted by Gasteiger charge is 2.49. The van der Waals surface area contributed by atoms with Crippen LogP contribution >= 0.6 is 0 Å². The van der Waals surface area contributed by atoms with Crippen LogP contribution in [-0.4, -0.2) is 15.9 Å². The molecule has 3 rings (SSSR count). The van der Waals surface area contributed by atoms with Crippen LogP contribution in [0.3, 0.4) is 0 Å². The van der Waals surface area contributed by atoms with Crippen LogP contribution in [0.5, 0.6) is 0 Å². The van der Waals surface area contributed by atoms with Gasteiger partial charge in [-0.15, -0.1) is 0 Å². The van der Waals surface area contributed by atoms with Gasteiger partial charge < -0.3 is 5.11 Å². The number of benzene rings is 1. The summed E-state index contributed by atoms with van der Waals surface area (Å²) in [5.74, 6) is -0.504. The monoisotopic (exact) mass is 239 g/mol. The van der Waals surface area contributed by atoms with Crippen molar-refractivity contribution in [3.05, 3.63) is 65.5 Å². The molecule has 2 aromatic rings. The van der Waals surface area contributed by atoms with Crippen molar-refractivity contribution in [2.45, 2.75) is 12.5 Å². The fourth-order valence-electron chi connectivity index (χ4n) is 2.68. The fraction of sp³-hybridized carbons (Fsp3) is 0.200. The Hall–Kier alpha value is -2.00. The summed E-state index contributed by atoms with van der Waals surface area (Å²) in [5, 5.41) is 11.0. The van der Waals surface area contributed by atoms with E-state index in [0.717, 1.165) is 0 Å². The number of aromatic nitrogens is 1. The number of hydrogen-bond donors (Lipinski definition) is 1. The van der Waals surface area contributed by atoms with E-state index in [-0.39, 0.29) is 5.78 Å². The number of fused-ring (bicyclic) bond motifs is 1. The predicted octanol–water partition coefficient (Wildman–Crippen LogP) is 2.15. The Kier molecular flexibility index (Phi) is 2.31. The molecule has 1 aliphatic carbocycles. The molecule has 1 aromatic carbocycles.